The molecule has 10 heavy (non-hydrogen) atoms. The van der Waals surface area contributed by atoms with Crippen molar-refractivity contribution < 1.29 is 13.5 Å². The highest BCUT2D eigenvalue weighted by molar-refractivity contribution is 7.77. The molecule has 1 atom stereocenters. The molecule has 0 saturated heterocycles. The Morgan fingerprint density at radius 2 is 2.50 bits per heavy atom. The molecule has 0 aromatic heterocycles. The van der Waals surface area contributed by atoms with E-state index in [2.05, 4.69) is 6.58 Å². The molecule has 0 saturated carbocycles. The average molecular weight is 164 g/mol. The van der Waals surface area contributed by atoms with Gasteiger partial charge < -0.3 is 9.29 Å². The van der Waals surface area contributed by atoms with Gasteiger partial charge >= 0.3 is 0 Å². The van der Waals surface area contributed by atoms with E-state index in [4.69, 9.17) is 4.74 Å². The van der Waals surface area contributed by atoms with Gasteiger partial charge in [-0.1, -0.05) is 6.92 Å². The Morgan fingerprint density at radius 3 is 2.90 bits per heavy atom. The van der Waals surface area contributed by atoms with Crippen LogP contribution in [0.4, 0.5) is 0 Å². The molecule has 0 radical (unpaired) electrons. The van der Waals surface area contributed by atoms with E-state index in [1.165, 1.54) is 0 Å². The molecule has 4 nitrogen and oxygen atoms in total. The minimum atomic E-state index is -2.32. The minimum absolute atomic E-state index is 0.0650. The van der Waals surface area contributed by atoms with Crippen molar-refractivity contribution >= 4 is 11.3 Å². The van der Waals surface area contributed by atoms with Crippen LogP contribution in [0.3, 0.4) is 0 Å². The molecule has 0 fully saturated rings. The summed E-state index contributed by atoms with van der Waals surface area (Å²) in [5, 5.41) is 0. The van der Waals surface area contributed by atoms with E-state index in [1.807, 2.05) is 11.6 Å². The van der Waals surface area contributed by atoms with Gasteiger partial charge in [0.25, 0.3) is 0 Å². The van der Waals surface area contributed by atoms with Crippen molar-refractivity contribution in [2.24, 2.45) is 0 Å². The van der Waals surface area contributed by atoms with E-state index in [1.54, 1.807) is 0 Å². The first-order valence-electron chi connectivity index (χ1n) is 2.84. The molecule has 0 aliphatic rings. The Labute approximate surface area is 62.7 Å². The highest BCUT2D eigenvalue weighted by Crippen LogP contribution is 1.89. The Hall–Kier alpha value is -0.550. The van der Waals surface area contributed by atoms with Gasteiger partial charge in [0.05, 0.1) is 6.61 Å². The van der Waals surface area contributed by atoms with E-state index in [0.717, 1.165) is 6.42 Å². The van der Waals surface area contributed by atoms with Crippen molar-refractivity contribution in [2.75, 3.05) is 6.61 Å². The molecule has 0 aromatic rings. The maximum absolute atomic E-state index is 9.92. The van der Waals surface area contributed by atoms with Crippen LogP contribution in [0.5, 0.6) is 0 Å². The van der Waals surface area contributed by atoms with Crippen molar-refractivity contribution in [3.8, 4) is 0 Å². The first-order valence-corrected chi connectivity index (χ1v) is 3.92. The Balaban J connectivity index is 3.35. The summed E-state index contributed by atoms with van der Waals surface area (Å²) >= 11 is -2.32. The molecule has 0 aromatic carbocycles. The van der Waals surface area contributed by atoms with Crippen LogP contribution in [0.25, 0.3) is 0 Å². The fraction of sp³-hybridized carbons (Fsp3) is 0.600. The van der Waals surface area contributed by atoms with Crippen LogP contribution in [0.1, 0.15) is 13.3 Å². The van der Waals surface area contributed by atoms with Crippen LogP contribution in [0.2, 0.25) is 0 Å². The molecular formula is C5H10NO3S-. The quantitative estimate of drug-likeness (QED) is 0.468. The van der Waals surface area contributed by atoms with E-state index >= 15 is 0 Å². The van der Waals surface area contributed by atoms with Gasteiger partial charge in [-0.05, 0) is 13.0 Å². The van der Waals surface area contributed by atoms with Gasteiger partial charge in [0.1, 0.15) is 0 Å². The summed E-state index contributed by atoms with van der Waals surface area (Å²) in [6, 6.07) is 0. The zero-order valence-electron chi connectivity index (χ0n) is 5.75. The maximum Gasteiger partial charge on any atom is 0.190 e. The van der Waals surface area contributed by atoms with Gasteiger partial charge in [-0.25, -0.2) is 0 Å². The van der Waals surface area contributed by atoms with Gasteiger partial charge in [0.15, 0.2) is 5.88 Å². The predicted molar refractivity (Wildman–Crippen MR) is 37.4 cm³/mol. The van der Waals surface area contributed by atoms with E-state index in [-0.39, 0.29) is 5.88 Å². The predicted octanol–water partition coefficient (Wildman–Crippen LogP) is 0.268. The van der Waals surface area contributed by atoms with Crippen LogP contribution < -0.4 is 4.72 Å². The summed E-state index contributed by atoms with van der Waals surface area (Å²) in [7, 11) is 0. The fourth-order valence-electron chi connectivity index (χ4n) is 0.348. The standard InChI is InChI=1S/C5H11NO3S/c1-3-4-9-5(2)6-10(7)8/h6H,2-4H2,1H3,(H,7,8)/p-1. The number of ether oxygens (including phenoxy) is 1. The van der Waals surface area contributed by atoms with Crippen LogP contribution in [-0.2, 0) is 16.0 Å². The molecule has 0 aliphatic carbocycles. The molecule has 0 heterocycles. The summed E-state index contributed by atoms with van der Waals surface area (Å²) in [6.07, 6.45) is 0.826. The number of rotatable bonds is 5. The SMILES string of the molecule is C=C(NS(=O)[O-])OCCC. The third-order valence-corrected chi connectivity index (χ3v) is 1.07. The zero-order chi connectivity index (χ0) is 7.98. The molecule has 1 unspecified atom stereocenters. The second-order valence-electron chi connectivity index (χ2n) is 1.61. The van der Waals surface area contributed by atoms with E-state index in [9.17, 15) is 8.76 Å². The largest absolute Gasteiger partial charge is 0.755 e. The van der Waals surface area contributed by atoms with Crippen LogP contribution in [0, 0.1) is 0 Å². The maximum atomic E-state index is 9.92. The van der Waals surface area contributed by atoms with E-state index in [0.29, 0.717) is 6.61 Å². The second kappa shape index (κ2) is 5.25. The van der Waals surface area contributed by atoms with Crippen molar-refractivity contribution in [3.05, 3.63) is 12.5 Å². The fourth-order valence-corrected chi connectivity index (χ4v) is 0.592. The summed E-state index contributed by atoms with van der Waals surface area (Å²) < 4.78 is 26.6. The van der Waals surface area contributed by atoms with Gasteiger partial charge in [-0.2, -0.15) is 0 Å². The van der Waals surface area contributed by atoms with Gasteiger partial charge in [0, 0.05) is 11.3 Å². The number of nitrogens with one attached hydrogen (secondary N) is 1. The molecule has 5 heteroatoms. The van der Waals surface area contributed by atoms with Crippen molar-refractivity contribution in [2.45, 2.75) is 13.3 Å². The highest BCUT2D eigenvalue weighted by atomic mass is 32.2. The molecule has 0 bridgehead atoms. The Bertz CT molecular complexity index is 137. The van der Waals surface area contributed by atoms with E-state index < -0.39 is 11.3 Å². The van der Waals surface area contributed by atoms with Crippen molar-refractivity contribution in [1.29, 1.82) is 0 Å². The summed E-state index contributed by atoms with van der Waals surface area (Å²) in [5.41, 5.74) is 0. The summed E-state index contributed by atoms with van der Waals surface area (Å²) in [6.45, 7) is 5.70. The van der Waals surface area contributed by atoms with Gasteiger partial charge in [-0.15, -0.1) is 0 Å². The Morgan fingerprint density at radius 1 is 1.90 bits per heavy atom. The highest BCUT2D eigenvalue weighted by Gasteiger charge is 1.89. The van der Waals surface area contributed by atoms with Crippen LogP contribution in [0.15, 0.2) is 12.5 Å². The minimum Gasteiger partial charge on any atom is -0.755 e. The lowest BCUT2D eigenvalue weighted by Gasteiger charge is -2.11. The molecule has 60 valence electrons. The van der Waals surface area contributed by atoms with Crippen LogP contribution >= 0.6 is 0 Å². The van der Waals surface area contributed by atoms with Gasteiger partial charge in [0.2, 0.25) is 0 Å². The molecular weight excluding hydrogens is 154 g/mol. The smallest absolute Gasteiger partial charge is 0.190 e. The third-order valence-electron chi connectivity index (χ3n) is 0.678. The van der Waals surface area contributed by atoms with Crippen LogP contribution in [-0.4, -0.2) is 15.4 Å². The molecule has 0 amide bonds. The molecule has 0 aliphatic heterocycles. The van der Waals surface area contributed by atoms with Gasteiger partial charge in [-0.3, -0.25) is 8.93 Å². The first kappa shape index (κ1) is 9.45. The first-order chi connectivity index (χ1) is 4.66. The molecule has 1 N–H and O–H groups in total. The topological polar surface area (TPSA) is 61.4 Å². The third kappa shape index (κ3) is 5.58. The normalized spacial score (nSPS) is 12.2. The summed E-state index contributed by atoms with van der Waals surface area (Å²) in [5.74, 6) is 0.0650. The lowest BCUT2D eigenvalue weighted by atomic mass is 10.5. The van der Waals surface area contributed by atoms with Crippen molar-refractivity contribution in [1.82, 2.24) is 4.72 Å². The lowest BCUT2D eigenvalue weighted by molar-refractivity contribution is 0.203. The Kier molecular flexibility index (Phi) is 4.96. The number of hydrogen-bond acceptors (Lipinski definition) is 3. The lowest BCUT2D eigenvalue weighted by Crippen LogP contribution is -2.17. The zero-order valence-corrected chi connectivity index (χ0v) is 6.57. The number of hydrogen-bond donors (Lipinski definition) is 1. The van der Waals surface area contributed by atoms with Crippen molar-refractivity contribution in [3.63, 3.8) is 0 Å². The average Bonchev–Trinajstić information content (AvgIpc) is 1.82. The monoisotopic (exact) mass is 164 g/mol. The molecule has 0 spiro atoms. The summed E-state index contributed by atoms with van der Waals surface area (Å²) in [4.78, 5) is 0. The molecule has 0 rings (SSSR count). The second-order valence-corrected chi connectivity index (χ2v) is 2.28.